The molecule has 0 N–H and O–H groups in total. The third kappa shape index (κ3) is 5.22. The Balaban J connectivity index is 2.17. The van der Waals surface area contributed by atoms with Crippen LogP contribution in [0, 0.1) is 0 Å². The summed E-state index contributed by atoms with van der Waals surface area (Å²) in [5, 5.41) is 0. The van der Waals surface area contributed by atoms with Crippen molar-refractivity contribution in [2.45, 2.75) is 6.92 Å². The molecule has 0 bridgehead atoms. The fraction of sp³-hybridized carbons (Fsp3) is 0.545. The molecule has 4 heteroatoms. The van der Waals surface area contributed by atoms with Gasteiger partial charge in [-0.25, -0.2) is 0 Å². The highest BCUT2D eigenvalue weighted by Gasteiger charge is 2.04. The maximum absolute atomic E-state index is 10.4. The van der Waals surface area contributed by atoms with Gasteiger partial charge in [-0.15, -0.1) is 0 Å². The molecule has 0 aliphatic carbocycles. The Kier molecular flexibility index (Phi) is 4.90. The minimum absolute atomic E-state index is 0.274. The number of carbonyl (C=O) groups excluding carboxylic acids is 1. The van der Waals surface area contributed by atoms with E-state index >= 15 is 0 Å². The predicted octanol–water partition coefficient (Wildman–Crippen LogP) is 0.952. The van der Waals surface area contributed by atoms with Gasteiger partial charge in [-0.1, -0.05) is 12.2 Å². The Morgan fingerprint density at radius 1 is 1.60 bits per heavy atom. The van der Waals surface area contributed by atoms with Crippen LogP contribution in [0.1, 0.15) is 6.92 Å². The van der Waals surface area contributed by atoms with Crippen LogP contribution in [-0.2, 0) is 14.3 Å². The zero-order valence-corrected chi connectivity index (χ0v) is 9.23. The summed E-state index contributed by atoms with van der Waals surface area (Å²) < 4.78 is 9.99. The molecule has 1 heterocycles. The molecule has 84 valence electrons. The van der Waals surface area contributed by atoms with E-state index in [-0.39, 0.29) is 5.97 Å². The Hall–Kier alpha value is -1.29. The van der Waals surface area contributed by atoms with Gasteiger partial charge in [0, 0.05) is 25.6 Å². The molecule has 4 nitrogen and oxygen atoms in total. The number of nitrogens with zero attached hydrogens (tertiary/aromatic N) is 1. The van der Waals surface area contributed by atoms with E-state index < -0.39 is 0 Å². The van der Waals surface area contributed by atoms with Crippen molar-refractivity contribution in [1.29, 1.82) is 0 Å². The SMILES string of the molecule is CC(=O)OCCO/C=C1/C=CCN(C)C1. The standard InChI is InChI=1S/C11H17NO3/c1-10(13)15-7-6-14-9-11-4-3-5-12(2)8-11/h3-4,9H,5-8H2,1-2H3/b11-9-. The number of carbonyl (C=O) groups is 1. The second-order valence-electron chi connectivity index (χ2n) is 3.50. The van der Waals surface area contributed by atoms with Gasteiger partial charge in [-0.3, -0.25) is 9.69 Å². The maximum atomic E-state index is 10.4. The molecule has 0 fully saturated rings. The molecule has 0 amide bonds. The monoisotopic (exact) mass is 211 g/mol. The van der Waals surface area contributed by atoms with E-state index in [1.807, 2.05) is 6.08 Å². The van der Waals surface area contributed by atoms with Crippen molar-refractivity contribution >= 4 is 5.97 Å². The predicted molar refractivity (Wildman–Crippen MR) is 57.3 cm³/mol. The van der Waals surface area contributed by atoms with Crippen LogP contribution in [0.25, 0.3) is 0 Å². The number of hydrogen-bond donors (Lipinski definition) is 0. The smallest absolute Gasteiger partial charge is 0.302 e. The third-order valence-electron chi connectivity index (χ3n) is 1.94. The quantitative estimate of drug-likeness (QED) is 0.394. The van der Waals surface area contributed by atoms with Gasteiger partial charge in [0.05, 0.1) is 6.26 Å². The lowest BCUT2D eigenvalue weighted by Crippen LogP contribution is -2.23. The summed E-state index contributed by atoms with van der Waals surface area (Å²) in [5.41, 5.74) is 1.13. The van der Waals surface area contributed by atoms with Crippen LogP contribution in [0.15, 0.2) is 24.0 Å². The summed E-state index contributed by atoms with van der Waals surface area (Å²) in [5.74, 6) is -0.274. The lowest BCUT2D eigenvalue weighted by Gasteiger charge is -2.19. The highest BCUT2D eigenvalue weighted by molar-refractivity contribution is 5.65. The highest BCUT2D eigenvalue weighted by Crippen LogP contribution is 2.05. The normalized spacial score (nSPS) is 19.2. The van der Waals surface area contributed by atoms with Gasteiger partial charge in [0.2, 0.25) is 0 Å². The average molecular weight is 211 g/mol. The third-order valence-corrected chi connectivity index (χ3v) is 1.94. The first-order chi connectivity index (χ1) is 7.18. The Labute approximate surface area is 90.2 Å². The molecule has 15 heavy (non-hydrogen) atoms. The number of esters is 1. The molecule has 0 atom stereocenters. The van der Waals surface area contributed by atoms with Crippen molar-refractivity contribution in [2.75, 3.05) is 33.4 Å². The number of hydrogen-bond acceptors (Lipinski definition) is 4. The zero-order chi connectivity index (χ0) is 11.1. The highest BCUT2D eigenvalue weighted by atomic mass is 16.6. The summed E-state index contributed by atoms with van der Waals surface area (Å²) in [4.78, 5) is 12.6. The molecule has 0 aromatic rings. The van der Waals surface area contributed by atoms with Crippen LogP contribution < -0.4 is 0 Å². The maximum Gasteiger partial charge on any atom is 0.302 e. The van der Waals surface area contributed by atoms with E-state index in [4.69, 9.17) is 9.47 Å². The van der Waals surface area contributed by atoms with E-state index in [0.717, 1.165) is 18.7 Å². The van der Waals surface area contributed by atoms with Gasteiger partial charge in [-0.05, 0) is 7.05 Å². The fourth-order valence-corrected chi connectivity index (χ4v) is 1.29. The van der Waals surface area contributed by atoms with Crippen molar-refractivity contribution < 1.29 is 14.3 Å². The lowest BCUT2D eigenvalue weighted by atomic mass is 10.2. The molecule has 1 rings (SSSR count). The van der Waals surface area contributed by atoms with Gasteiger partial charge < -0.3 is 9.47 Å². The molecule has 0 aromatic heterocycles. The number of likely N-dealkylation sites (N-methyl/N-ethyl adjacent to an activating group) is 1. The first-order valence-electron chi connectivity index (χ1n) is 4.97. The van der Waals surface area contributed by atoms with E-state index in [2.05, 4.69) is 18.0 Å². The molecule has 0 spiro atoms. The Morgan fingerprint density at radius 3 is 3.07 bits per heavy atom. The fourth-order valence-electron chi connectivity index (χ4n) is 1.29. The van der Waals surface area contributed by atoms with E-state index in [9.17, 15) is 4.79 Å². The topological polar surface area (TPSA) is 38.8 Å². The molecule has 0 saturated carbocycles. The molecule has 0 aromatic carbocycles. The lowest BCUT2D eigenvalue weighted by molar-refractivity contribution is -0.141. The van der Waals surface area contributed by atoms with Crippen molar-refractivity contribution in [3.05, 3.63) is 24.0 Å². The van der Waals surface area contributed by atoms with Crippen LogP contribution in [0.5, 0.6) is 0 Å². The minimum atomic E-state index is -0.274. The summed E-state index contributed by atoms with van der Waals surface area (Å²) in [7, 11) is 2.05. The van der Waals surface area contributed by atoms with Gasteiger partial charge in [0.15, 0.2) is 0 Å². The number of ether oxygens (including phenoxy) is 2. The van der Waals surface area contributed by atoms with Gasteiger partial charge in [0.25, 0.3) is 0 Å². The first-order valence-corrected chi connectivity index (χ1v) is 4.97. The summed E-state index contributed by atoms with van der Waals surface area (Å²) in [6.07, 6.45) is 5.85. The molecule has 0 unspecified atom stereocenters. The number of rotatable bonds is 4. The molecule has 0 saturated heterocycles. The van der Waals surface area contributed by atoms with E-state index in [1.165, 1.54) is 6.92 Å². The molecular weight excluding hydrogens is 194 g/mol. The molecular formula is C11H17NO3. The van der Waals surface area contributed by atoms with E-state index in [1.54, 1.807) is 6.26 Å². The summed E-state index contributed by atoms with van der Waals surface area (Å²) >= 11 is 0. The Bertz CT molecular complexity index is 271. The van der Waals surface area contributed by atoms with E-state index in [0.29, 0.717) is 13.2 Å². The summed E-state index contributed by atoms with van der Waals surface area (Å²) in [6.45, 7) is 3.96. The minimum Gasteiger partial charge on any atom is -0.497 e. The largest absolute Gasteiger partial charge is 0.497 e. The van der Waals surface area contributed by atoms with Crippen LogP contribution in [0.2, 0.25) is 0 Å². The second-order valence-corrected chi connectivity index (χ2v) is 3.50. The average Bonchev–Trinajstić information content (AvgIpc) is 2.17. The van der Waals surface area contributed by atoms with Crippen LogP contribution in [-0.4, -0.2) is 44.2 Å². The van der Waals surface area contributed by atoms with Crippen molar-refractivity contribution in [1.82, 2.24) is 4.90 Å². The van der Waals surface area contributed by atoms with Crippen molar-refractivity contribution in [2.24, 2.45) is 0 Å². The van der Waals surface area contributed by atoms with Crippen molar-refractivity contribution in [3.63, 3.8) is 0 Å². The van der Waals surface area contributed by atoms with Gasteiger partial charge >= 0.3 is 5.97 Å². The molecule has 1 aliphatic heterocycles. The van der Waals surface area contributed by atoms with Crippen LogP contribution in [0.4, 0.5) is 0 Å². The van der Waals surface area contributed by atoms with Gasteiger partial charge in [-0.2, -0.15) is 0 Å². The van der Waals surface area contributed by atoms with Crippen molar-refractivity contribution in [3.8, 4) is 0 Å². The zero-order valence-electron chi connectivity index (χ0n) is 9.23. The first kappa shape index (κ1) is 11.8. The van der Waals surface area contributed by atoms with Crippen LogP contribution in [0.3, 0.4) is 0 Å². The van der Waals surface area contributed by atoms with Crippen LogP contribution >= 0.6 is 0 Å². The molecule has 1 aliphatic rings. The summed E-state index contributed by atoms with van der Waals surface area (Å²) in [6, 6.07) is 0. The van der Waals surface area contributed by atoms with Gasteiger partial charge in [0.1, 0.15) is 13.2 Å². The molecule has 0 radical (unpaired) electrons. The second kappa shape index (κ2) is 6.24. The Morgan fingerprint density at radius 2 is 2.40 bits per heavy atom.